The fourth-order valence-electron chi connectivity index (χ4n) is 4.74. The van der Waals surface area contributed by atoms with Crippen molar-refractivity contribution in [2.24, 2.45) is 0 Å². The van der Waals surface area contributed by atoms with Gasteiger partial charge < -0.3 is 10.2 Å². The van der Waals surface area contributed by atoms with Crippen molar-refractivity contribution in [3.05, 3.63) is 57.6 Å². The molecule has 0 spiro atoms. The molecule has 0 heterocycles. The molecule has 0 aliphatic heterocycles. The molecule has 0 bridgehead atoms. The Morgan fingerprint density at radius 1 is 0.548 bits per heavy atom. The number of phenolic OH excluding ortho intramolecular Hbond substituents is 2. The molecule has 0 saturated carbocycles. The van der Waals surface area contributed by atoms with Crippen LogP contribution in [0.4, 0.5) is 0 Å². The molecule has 0 aliphatic carbocycles. The summed E-state index contributed by atoms with van der Waals surface area (Å²) in [4.78, 5) is 0. The Hall–Kier alpha value is -1.96. The van der Waals surface area contributed by atoms with Crippen molar-refractivity contribution in [1.29, 1.82) is 0 Å². The minimum atomic E-state index is 0.296. The Bertz CT molecular complexity index is 718. The molecule has 0 saturated heterocycles. The van der Waals surface area contributed by atoms with Gasteiger partial charge in [0.1, 0.15) is 11.5 Å². The number of benzene rings is 2. The second-order valence-electron chi connectivity index (χ2n) is 9.53. The lowest BCUT2D eigenvalue weighted by Gasteiger charge is -2.21. The average Bonchev–Trinajstić information content (AvgIpc) is 2.73. The van der Waals surface area contributed by atoms with Gasteiger partial charge in [-0.1, -0.05) is 95.4 Å². The van der Waals surface area contributed by atoms with E-state index in [0.29, 0.717) is 17.4 Å². The highest BCUT2D eigenvalue weighted by molar-refractivity contribution is 5.49. The van der Waals surface area contributed by atoms with Gasteiger partial charge in [-0.2, -0.15) is 0 Å². The van der Waals surface area contributed by atoms with Crippen LogP contribution in [-0.4, -0.2) is 10.2 Å². The van der Waals surface area contributed by atoms with Gasteiger partial charge in [-0.25, -0.2) is 0 Å². The van der Waals surface area contributed by atoms with Crippen LogP contribution in [0.1, 0.15) is 117 Å². The standard InChI is InChI=1S/C29H44O2/c1-6-7-8-9-10-11-12-13-14-15-16-27(25-17-21(2)28(30)22(3)18-25)26-19-23(4)29(31)24(5)20-26/h17-20,27,30-31H,6-16H2,1-5H3. The molecular weight excluding hydrogens is 380 g/mol. The lowest BCUT2D eigenvalue weighted by atomic mass is 9.83. The van der Waals surface area contributed by atoms with Crippen LogP contribution in [-0.2, 0) is 0 Å². The van der Waals surface area contributed by atoms with Crippen LogP contribution in [0.5, 0.6) is 11.5 Å². The van der Waals surface area contributed by atoms with E-state index >= 15 is 0 Å². The molecule has 2 nitrogen and oxygen atoms in total. The summed E-state index contributed by atoms with van der Waals surface area (Å²) in [6.45, 7) is 10.2. The first-order chi connectivity index (χ1) is 14.8. The number of phenols is 2. The number of hydrogen-bond acceptors (Lipinski definition) is 2. The largest absolute Gasteiger partial charge is 0.507 e. The Labute approximate surface area is 190 Å². The highest BCUT2D eigenvalue weighted by Gasteiger charge is 2.18. The summed E-state index contributed by atoms with van der Waals surface area (Å²) in [5, 5.41) is 20.5. The predicted molar refractivity (Wildman–Crippen MR) is 133 cm³/mol. The fourth-order valence-corrected chi connectivity index (χ4v) is 4.74. The van der Waals surface area contributed by atoms with Crippen molar-refractivity contribution in [2.45, 2.75) is 111 Å². The van der Waals surface area contributed by atoms with Crippen LogP contribution >= 0.6 is 0 Å². The predicted octanol–water partition coefficient (Wildman–Crippen LogP) is 8.77. The zero-order valence-electron chi connectivity index (χ0n) is 20.6. The summed E-state index contributed by atoms with van der Waals surface area (Å²) in [5.41, 5.74) is 6.30. The summed E-state index contributed by atoms with van der Waals surface area (Å²) in [6.07, 6.45) is 14.5. The minimum Gasteiger partial charge on any atom is -0.507 e. The number of unbranched alkanes of at least 4 members (excludes halogenated alkanes) is 9. The van der Waals surface area contributed by atoms with Crippen LogP contribution in [0.2, 0.25) is 0 Å². The summed E-state index contributed by atoms with van der Waals surface area (Å²) in [7, 11) is 0. The summed E-state index contributed by atoms with van der Waals surface area (Å²) in [5.74, 6) is 1.10. The monoisotopic (exact) mass is 424 g/mol. The van der Waals surface area contributed by atoms with Crippen molar-refractivity contribution in [2.75, 3.05) is 0 Å². The van der Waals surface area contributed by atoms with Gasteiger partial charge in [0.15, 0.2) is 0 Å². The Kier molecular flexibility index (Phi) is 10.4. The van der Waals surface area contributed by atoms with E-state index < -0.39 is 0 Å². The lowest BCUT2D eigenvalue weighted by Crippen LogP contribution is -2.04. The van der Waals surface area contributed by atoms with E-state index in [-0.39, 0.29) is 0 Å². The van der Waals surface area contributed by atoms with Gasteiger partial charge in [0.25, 0.3) is 0 Å². The molecule has 2 aromatic carbocycles. The van der Waals surface area contributed by atoms with Crippen molar-refractivity contribution in [1.82, 2.24) is 0 Å². The summed E-state index contributed by atoms with van der Waals surface area (Å²) in [6, 6.07) is 8.56. The first-order valence-electron chi connectivity index (χ1n) is 12.4. The lowest BCUT2D eigenvalue weighted by molar-refractivity contribution is 0.465. The molecular formula is C29H44O2. The maximum Gasteiger partial charge on any atom is 0.121 e. The molecule has 172 valence electrons. The molecule has 0 radical (unpaired) electrons. The third-order valence-corrected chi connectivity index (χ3v) is 6.68. The zero-order chi connectivity index (χ0) is 22.8. The first kappa shape index (κ1) is 25.3. The van der Waals surface area contributed by atoms with Gasteiger partial charge in [0, 0.05) is 5.92 Å². The Morgan fingerprint density at radius 2 is 0.871 bits per heavy atom. The van der Waals surface area contributed by atoms with Crippen LogP contribution in [0, 0.1) is 27.7 Å². The van der Waals surface area contributed by atoms with E-state index in [1.165, 1.54) is 75.3 Å². The van der Waals surface area contributed by atoms with Gasteiger partial charge in [-0.05, 0) is 67.5 Å². The van der Waals surface area contributed by atoms with Crippen LogP contribution in [0.3, 0.4) is 0 Å². The van der Waals surface area contributed by atoms with Crippen molar-refractivity contribution < 1.29 is 10.2 Å². The molecule has 0 fully saturated rings. The molecule has 0 unspecified atom stereocenters. The number of hydrogen-bond donors (Lipinski definition) is 2. The van der Waals surface area contributed by atoms with Crippen LogP contribution in [0.25, 0.3) is 0 Å². The van der Waals surface area contributed by atoms with E-state index in [1.54, 1.807) is 0 Å². The van der Waals surface area contributed by atoms with E-state index in [9.17, 15) is 10.2 Å². The molecule has 0 aliphatic rings. The molecule has 2 heteroatoms. The van der Waals surface area contributed by atoms with Crippen molar-refractivity contribution in [3.8, 4) is 11.5 Å². The third-order valence-electron chi connectivity index (χ3n) is 6.68. The van der Waals surface area contributed by atoms with Crippen molar-refractivity contribution >= 4 is 0 Å². The van der Waals surface area contributed by atoms with Crippen molar-refractivity contribution in [3.63, 3.8) is 0 Å². The molecule has 0 amide bonds. The summed E-state index contributed by atoms with van der Waals surface area (Å²) >= 11 is 0. The normalized spacial score (nSPS) is 11.4. The highest BCUT2D eigenvalue weighted by Crippen LogP contribution is 2.37. The minimum absolute atomic E-state index is 0.296. The first-order valence-corrected chi connectivity index (χ1v) is 12.4. The molecule has 0 atom stereocenters. The SMILES string of the molecule is CCCCCCCCCCCCC(c1cc(C)c(O)c(C)c1)c1cc(C)c(O)c(C)c1. The average molecular weight is 425 g/mol. The second kappa shape index (κ2) is 12.8. The molecule has 0 aromatic heterocycles. The van der Waals surface area contributed by atoms with Gasteiger partial charge >= 0.3 is 0 Å². The smallest absolute Gasteiger partial charge is 0.121 e. The molecule has 2 rings (SSSR count). The van der Waals surface area contributed by atoms with Crippen LogP contribution < -0.4 is 0 Å². The maximum atomic E-state index is 10.2. The summed E-state index contributed by atoms with van der Waals surface area (Å²) < 4.78 is 0. The van der Waals surface area contributed by atoms with Gasteiger partial charge in [0.2, 0.25) is 0 Å². The van der Waals surface area contributed by atoms with Gasteiger partial charge in [-0.15, -0.1) is 0 Å². The number of rotatable bonds is 13. The van der Waals surface area contributed by atoms with E-state index in [1.807, 2.05) is 27.7 Å². The Balaban J connectivity index is 2.02. The fraction of sp³-hybridized carbons (Fsp3) is 0.586. The number of aryl methyl sites for hydroxylation is 4. The highest BCUT2D eigenvalue weighted by atomic mass is 16.3. The van der Waals surface area contributed by atoms with Gasteiger partial charge in [0.05, 0.1) is 0 Å². The second-order valence-corrected chi connectivity index (χ2v) is 9.53. The van der Waals surface area contributed by atoms with E-state index in [4.69, 9.17) is 0 Å². The molecule has 2 aromatic rings. The van der Waals surface area contributed by atoms with Crippen LogP contribution in [0.15, 0.2) is 24.3 Å². The number of aromatic hydroxyl groups is 2. The quantitative estimate of drug-likeness (QED) is 0.315. The zero-order valence-corrected chi connectivity index (χ0v) is 20.6. The Morgan fingerprint density at radius 3 is 1.23 bits per heavy atom. The van der Waals surface area contributed by atoms with Gasteiger partial charge in [-0.3, -0.25) is 0 Å². The third kappa shape index (κ3) is 7.59. The maximum absolute atomic E-state index is 10.2. The van der Waals surface area contributed by atoms with E-state index in [2.05, 4.69) is 31.2 Å². The topological polar surface area (TPSA) is 40.5 Å². The van der Waals surface area contributed by atoms with E-state index in [0.717, 1.165) is 28.7 Å². The molecule has 2 N–H and O–H groups in total. The molecule has 31 heavy (non-hydrogen) atoms.